The van der Waals surface area contributed by atoms with Crippen LogP contribution in [0.5, 0.6) is 0 Å². The van der Waals surface area contributed by atoms with Crippen LogP contribution in [0.25, 0.3) is 0 Å². The van der Waals surface area contributed by atoms with Crippen LogP contribution in [0.15, 0.2) is 45.3 Å². The van der Waals surface area contributed by atoms with Crippen LogP contribution in [0.1, 0.15) is 0 Å². The summed E-state index contributed by atoms with van der Waals surface area (Å²) < 4.78 is 1.81. The quantitative estimate of drug-likeness (QED) is 0.636. The molecule has 2 N–H and O–H groups in total. The Balaban J connectivity index is 1.99. The fraction of sp³-hybridized carbons (Fsp3) is 0.0714. The van der Waals surface area contributed by atoms with Crippen LogP contribution in [-0.2, 0) is 4.79 Å². The van der Waals surface area contributed by atoms with Crippen molar-refractivity contribution in [3.05, 3.63) is 55.4 Å². The molecule has 0 saturated heterocycles. The molecule has 2 aromatic rings. The smallest absolute Gasteiger partial charge is 0.243 e. The molecule has 0 fully saturated rings. The van der Waals surface area contributed by atoms with Crippen molar-refractivity contribution in [1.82, 2.24) is 0 Å². The molecule has 0 aromatic heterocycles. The Morgan fingerprint density at radius 3 is 2.38 bits per heavy atom. The molecule has 21 heavy (non-hydrogen) atoms. The predicted molar refractivity (Wildman–Crippen MR) is 95.4 cm³/mol. The Hall–Kier alpha value is -0.750. The van der Waals surface area contributed by atoms with Crippen LogP contribution < -0.4 is 10.6 Å². The average Bonchev–Trinajstić information content (AvgIpc) is 2.42. The first-order chi connectivity index (χ1) is 9.97. The Labute approximate surface area is 149 Å². The van der Waals surface area contributed by atoms with Gasteiger partial charge in [0, 0.05) is 14.6 Å². The molecule has 0 atom stereocenters. The van der Waals surface area contributed by atoms with Crippen LogP contribution >= 0.6 is 55.1 Å². The van der Waals surface area contributed by atoms with Gasteiger partial charge in [-0.3, -0.25) is 4.79 Å². The van der Waals surface area contributed by atoms with E-state index in [4.69, 9.17) is 23.2 Å². The van der Waals surface area contributed by atoms with Crippen molar-refractivity contribution in [2.24, 2.45) is 0 Å². The number of hydrogen-bond acceptors (Lipinski definition) is 2. The summed E-state index contributed by atoms with van der Waals surface area (Å²) in [5.41, 5.74) is 1.24. The monoisotopic (exact) mass is 450 g/mol. The minimum Gasteiger partial charge on any atom is -0.375 e. The van der Waals surface area contributed by atoms with Crippen LogP contribution in [0, 0.1) is 0 Å². The van der Waals surface area contributed by atoms with Gasteiger partial charge in [-0.25, -0.2) is 0 Å². The summed E-state index contributed by atoms with van der Waals surface area (Å²) in [5.74, 6) is -0.236. The zero-order valence-corrected chi connectivity index (χ0v) is 15.3. The minimum atomic E-state index is -0.236. The van der Waals surface area contributed by atoms with Crippen molar-refractivity contribution in [1.29, 1.82) is 0 Å². The first-order valence-corrected chi connectivity index (χ1v) is 8.24. The highest BCUT2D eigenvalue weighted by atomic mass is 79.9. The molecule has 2 aromatic carbocycles. The fourth-order valence-corrected chi connectivity index (χ4v) is 3.29. The van der Waals surface area contributed by atoms with E-state index in [0.717, 1.165) is 14.6 Å². The number of anilines is 2. The summed E-state index contributed by atoms with van der Waals surface area (Å²) in [7, 11) is 0. The van der Waals surface area contributed by atoms with Crippen LogP contribution in [0.4, 0.5) is 11.4 Å². The SMILES string of the molecule is O=C(CNc1ccc(Br)cc1Br)Nc1c(Cl)cccc1Cl. The van der Waals surface area contributed by atoms with E-state index >= 15 is 0 Å². The number of benzene rings is 2. The highest BCUT2D eigenvalue weighted by molar-refractivity contribution is 9.11. The fourth-order valence-electron chi connectivity index (χ4n) is 1.61. The lowest BCUT2D eigenvalue weighted by molar-refractivity contribution is -0.114. The molecule has 0 aliphatic carbocycles. The Bertz CT molecular complexity index is 660. The Morgan fingerprint density at radius 2 is 1.76 bits per heavy atom. The Kier molecular flexibility index (Phi) is 5.93. The maximum Gasteiger partial charge on any atom is 0.243 e. The third kappa shape index (κ3) is 4.61. The molecule has 1 amide bonds. The third-order valence-corrected chi connectivity index (χ3v) is 4.38. The molecule has 3 nitrogen and oxygen atoms in total. The second-order valence-corrected chi connectivity index (χ2v) is 6.71. The molecule has 0 unspecified atom stereocenters. The summed E-state index contributed by atoms with van der Waals surface area (Å²) in [5, 5.41) is 6.53. The van der Waals surface area contributed by atoms with Gasteiger partial charge in [-0.05, 0) is 46.3 Å². The second-order valence-electron chi connectivity index (χ2n) is 4.12. The standard InChI is InChI=1S/C14H10Br2Cl2N2O/c15-8-4-5-12(9(16)6-8)19-7-13(21)20-14-10(17)2-1-3-11(14)18/h1-6,19H,7H2,(H,20,21). The maximum atomic E-state index is 12.0. The van der Waals surface area contributed by atoms with Gasteiger partial charge < -0.3 is 10.6 Å². The summed E-state index contributed by atoms with van der Waals surface area (Å²) >= 11 is 18.8. The highest BCUT2D eigenvalue weighted by Gasteiger charge is 2.10. The summed E-state index contributed by atoms with van der Waals surface area (Å²) in [6.45, 7) is 0.0990. The van der Waals surface area contributed by atoms with Crippen LogP contribution in [0.3, 0.4) is 0 Å². The molecule has 0 radical (unpaired) electrons. The zero-order chi connectivity index (χ0) is 15.4. The third-order valence-electron chi connectivity index (χ3n) is 2.60. The van der Waals surface area contributed by atoms with E-state index in [1.807, 2.05) is 18.2 Å². The first kappa shape index (κ1) is 16.6. The van der Waals surface area contributed by atoms with Crippen molar-refractivity contribution >= 4 is 72.3 Å². The lowest BCUT2D eigenvalue weighted by Gasteiger charge is -2.11. The van der Waals surface area contributed by atoms with E-state index in [9.17, 15) is 4.79 Å². The van der Waals surface area contributed by atoms with Crippen molar-refractivity contribution in [3.63, 3.8) is 0 Å². The van der Waals surface area contributed by atoms with Crippen LogP contribution in [-0.4, -0.2) is 12.5 Å². The van der Waals surface area contributed by atoms with E-state index in [0.29, 0.717) is 15.7 Å². The molecule has 0 spiro atoms. The topological polar surface area (TPSA) is 41.1 Å². The van der Waals surface area contributed by atoms with E-state index in [1.165, 1.54) is 0 Å². The van der Waals surface area contributed by atoms with E-state index in [-0.39, 0.29) is 12.5 Å². The van der Waals surface area contributed by atoms with Gasteiger partial charge in [-0.15, -0.1) is 0 Å². The number of amides is 1. The van der Waals surface area contributed by atoms with Crippen molar-refractivity contribution in [2.45, 2.75) is 0 Å². The minimum absolute atomic E-state index is 0.0990. The average molecular weight is 453 g/mol. The molecule has 7 heteroatoms. The Morgan fingerprint density at radius 1 is 1.10 bits per heavy atom. The van der Waals surface area contributed by atoms with Gasteiger partial charge >= 0.3 is 0 Å². The lowest BCUT2D eigenvalue weighted by atomic mass is 10.3. The molecule has 0 aliphatic heterocycles. The van der Waals surface area contributed by atoms with Crippen molar-refractivity contribution in [2.75, 3.05) is 17.2 Å². The highest BCUT2D eigenvalue weighted by Crippen LogP contribution is 2.30. The zero-order valence-electron chi connectivity index (χ0n) is 10.6. The number of rotatable bonds is 4. The molecule has 110 valence electrons. The number of carbonyl (C=O) groups excluding carboxylic acids is 1. The molecule has 0 aliphatic rings. The van der Waals surface area contributed by atoms with Gasteiger partial charge in [-0.2, -0.15) is 0 Å². The number of para-hydroxylation sites is 1. The summed E-state index contributed by atoms with van der Waals surface area (Å²) in [6.07, 6.45) is 0. The maximum absolute atomic E-state index is 12.0. The van der Waals surface area contributed by atoms with E-state index < -0.39 is 0 Å². The van der Waals surface area contributed by atoms with Gasteiger partial charge in [0.1, 0.15) is 0 Å². The van der Waals surface area contributed by atoms with Gasteiger partial charge in [0.05, 0.1) is 22.3 Å². The van der Waals surface area contributed by atoms with Gasteiger partial charge in [0.2, 0.25) is 5.91 Å². The number of nitrogens with one attached hydrogen (secondary N) is 2. The number of hydrogen-bond donors (Lipinski definition) is 2. The molecule has 2 rings (SSSR count). The normalized spacial score (nSPS) is 10.3. The van der Waals surface area contributed by atoms with Crippen LogP contribution in [0.2, 0.25) is 10.0 Å². The van der Waals surface area contributed by atoms with Gasteiger partial charge in [0.15, 0.2) is 0 Å². The second kappa shape index (κ2) is 7.49. The summed E-state index contributed by atoms with van der Waals surface area (Å²) in [6, 6.07) is 10.7. The molecule has 0 heterocycles. The van der Waals surface area contributed by atoms with E-state index in [1.54, 1.807) is 18.2 Å². The lowest BCUT2D eigenvalue weighted by Crippen LogP contribution is -2.22. The van der Waals surface area contributed by atoms with Crippen molar-refractivity contribution in [3.8, 4) is 0 Å². The largest absolute Gasteiger partial charge is 0.375 e. The predicted octanol–water partition coefficient (Wildman–Crippen LogP) is 5.57. The van der Waals surface area contributed by atoms with Crippen molar-refractivity contribution < 1.29 is 4.79 Å². The number of carbonyl (C=O) groups is 1. The molecule has 0 bridgehead atoms. The number of halogens is 4. The summed E-state index contributed by atoms with van der Waals surface area (Å²) in [4.78, 5) is 12.0. The van der Waals surface area contributed by atoms with Gasteiger partial charge in [0.25, 0.3) is 0 Å². The van der Waals surface area contributed by atoms with E-state index in [2.05, 4.69) is 42.5 Å². The molecular weight excluding hydrogens is 443 g/mol. The molecular formula is C14H10Br2Cl2N2O. The molecule has 0 saturated carbocycles. The van der Waals surface area contributed by atoms with Gasteiger partial charge in [-0.1, -0.05) is 45.2 Å². The first-order valence-electron chi connectivity index (χ1n) is 5.90.